The summed E-state index contributed by atoms with van der Waals surface area (Å²) in [5.74, 6) is 0.867. The van der Waals surface area contributed by atoms with Gasteiger partial charge in [0.15, 0.2) is 5.16 Å². The normalized spacial score (nSPS) is 11.6. The standard InChI is InChI=1S/C16H20N6O2S/c1-3-13(22-15(18)20-21-16(22)25-10-9-17)14(23)19-11-5-7-12(8-6-11)24-4-2/h5-8,13H,3-4,10H2,1-2H3,(H2,18,20)(H,19,23). The van der Waals surface area contributed by atoms with Crippen LogP contribution in [0.15, 0.2) is 29.4 Å². The molecule has 8 nitrogen and oxygen atoms in total. The van der Waals surface area contributed by atoms with Crippen LogP contribution in [-0.4, -0.2) is 33.0 Å². The number of ether oxygens (including phenoxy) is 1. The van der Waals surface area contributed by atoms with Crippen molar-refractivity contribution in [2.24, 2.45) is 0 Å². The molecule has 0 saturated heterocycles. The van der Waals surface area contributed by atoms with Gasteiger partial charge in [0.1, 0.15) is 11.8 Å². The van der Waals surface area contributed by atoms with Crippen molar-refractivity contribution in [2.45, 2.75) is 31.5 Å². The Morgan fingerprint density at radius 1 is 1.40 bits per heavy atom. The number of carbonyl (C=O) groups is 1. The Balaban J connectivity index is 2.16. The summed E-state index contributed by atoms with van der Waals surface area (Å²) in [6, 6.07) is 8.59. The van der Waals surface area contributed by atoms with Crippen LogP contribution in [0, 0.1) is 11.3 Å². The van der Waals surface area contributed by atoms with Crippen LogP contribution in [0.25, 0.3) is 0 Å². The van der Waals surface area contributed by atoms with E-state index in [1.54, 1.807) is 28.8 Å². The first-order valence-electron chi connectivity index (χ1n) is 7.84. The molecule has 0 spiro atoms. The largest absolute Gasteiger partial charge is 0.494 e. The molecule has 9 heteroatoms. The summed E-state index contributed by atoms with van der Waals surface area (Å²) in [6.45, 7) is 4.37. The van der Waals surface area contributed by atoms with Gasteiger partial charge < -0.3 is 15.8 Å². The van der Waals surface area contributed by atoms with Crippen molar-refractivity contribution >= 4 is 29.3 Å². The molecule has 2 aromatic rings. The summed E-state index contributed by atoms with van der Waals surface area (Å²) in [5, 5.41) is 19.8. The maximum absolute atomic E-state index is 12.7. The fraction of sp³-hybridized carbons (Fsp3) is 0.375. The lowest BCUT2D eigenvalue weighted by molar-refractivity contribution is -0.119. The molecule has 3 N–H and O–H groups in total. The van der Waals surface area contributed by atoms with Gasteiger partial charge in [-0.2, -0.15) is 5.26 Å². The van der Waals surface area contributed by atoms with E-state index in [9.17, 15) is 4.79 Å². The Morgan fingerprint density at radius 2 is 2.12 bits per heavy atom. The van der Waals surface area contributed by atoms with Crippen LogP contribution in [0.1, 0.15) is 26.3 Å². The Kier molecular flexibility index (Phi) is 6.65. The summed E-state index contributed by atoms with van der Waals surface area (Å²) >= 11 is 1.19. The zero-order chi connectivity index (χ0) is 18.2. The number of nitrogens with two attached hydrogens (primary N) is 1. The number of nitriles is 1. The van der Waals surface area contributed by atoms with E-state index < -0.39 is 6.04 Å². The Bertz CT molecular complexity index is 753. The van der Waals surface area contributed by atoms with Gasteiger partial charge >= 0.3 is 0 Å². The van der Waals surface area contributed by atoms with Crippen molar-refractivity contribution < 1.29 is 9.53 Å². The van der Waals surface area contributed by atoms with E-state index in [2.05, 4.69) is 15.5 Å². The maximum Gasteiger partial charge on any atom is 0.247 e. The molecule has 0 saturated carbocycles. The van der Waals surface area contributed by atoms with Crippen molar-refractivity contribution in [1.29, 1.82) is 5.26 Å². The van der Waals surface area contributed by atoms with Crippen molar-refractivity contribution in [3.05, 3.63) is 24.3 Å². The lowest BCUT2D eigenvalue weighted by Crippen LogP contribution is -2.27. The second kappa shape index (κ2) is 8.94. The van der Waals surface area contributed by atoms with Gasteiger partial charge in [-0.1, -0.05) is 18.7 Å². The van der Waals surface area contributed by atoms with Gasteiger partial charge in [0.05, 0.1) is 18.4 Å². The van der Waals surface area contributed by atoms with Crippen molar-refractivity contribution in [1.82, 2.24) is 14.8 Å². The van der Waals surface area contributed by atoms with Crippen LogP contribution in [0.3, 0.4) is 0 Å². The molecule has 1 aromatic carbocycles. The van der Waals surface area contributed by atoms with Crippen LogP contribution in [0.5, 0.6) is 5.75 Å². The van der Waals surface area contributed by atoms with Crippen LogP contribution < -0.4 is 15.8 Å². The average molecular weight is 360 g/mol. The summed E-state index contributed by atoms with van der Waals surface area (Å²) in [6.07, 6.45) is 0.505. The molecule has 0 radical (unpaired) electrons. The Labute approximate surface area is 150 Å². The molecule has 1 heterocycles. The van der Waals surface area contributed by atoms with Gasteiger partial charge in [-0.25, -0.2) is 0 Å². The number of thioether (sulfide) groups is 1. The van der Waals surface area contributed by atoms with Crippen LogP contribution in [-0.2, 0) is 4.79 Å². The third kappa shape index (κ3) is 4.64. The number of rotatable bonds is 8. The Morgan fingerprint density at radius 3 is 2.72 bits per heavy atom. The molecule has 0 bridgehead atoms. The minimum atomic E-state index is -0.567. The minimum Gasteiger partial charge on any atom is -0.494 e. The number of amides is 1. The minimum absolute atomic E-state index is 0.147. The second-order valence-corrected chi connectivity index (χ2v) is 5.97. The molecule has 1 unspecified atom stereocenters. The molecule has 1 aromatic heterocycles. The van der Waals surface area contributed by atoms with Crippen molar-refractivity contribution in [3.63, 3.8) is 0 Å². The van der Waals surface area contributed by atoms with Crippen molar-refractivity contribution in [3.8, 4) is 11.8 Å². The fourth-order valence-electron chi connectivity index (χ4n) is 2.29. The highest BCUT2D eigenvalue weighted by atomic mass is 32.2. The molecule has 1 amide bonds. The highest BCUT2D eigenvalue weighted by molar-refractivity contribution is 7.99. The molecule has 1 atom stereocenters. The lowest BCUT2D eigenvalue weighted by Gasteiger charge is -2.19. The highest BCUT2D eigenvalue weighted by Gasteiger charge is 2.25. The second-order valence-electron chi connectivity index (χ2n) is 5.03. The van der Waals surface area contributed by atoms with E-state index in [-0.39, 0.29) is 17.6 Å². The van der Waals surface area contributed by atoms with E-state index >= 15 is 0 Å². The lowest BCUT2D eigenvalue weighted by atomic mass is 10.2. The number of aromatic nitrogens is 3. The third-order valence-electron chi connectivity index (χ3n) is 3.39. The first-order chi connectivity index (χ1) is 12.1. The van der Waals surface area contributed by atoms with Gasteiger partial charge in [-0.3, -0.25) is 9.36 Å². The number of nitrogens with one attached hydrogen (secondary N) is 1. The fourth-order valence-corrected chi connectivity index (χ4v) is 2.94. The summed E-state index contributed by atoms with van der Waals surface area (Å²) < 4.78 is 6.94. The summed E-state index contributed by atoms with van der Waals surface area (Å²) in [5.41, 5.74) is 6.53. The molecule has 25 heavy (non-hydrogen) atoms. The van der Waals surface area contributed by atoms with Crippen LogP contribution in [0.2, 0.25) is 0 Å². The molecular weight excluding hydrogens is 340 g/mol. The molecule has 0 fully saturated rings. The quantitative estimate of drug-likeness (QED) is 0.694. The number of hydrogen-bond acceptors (Lipinski definition) is 7. The number of nitrogens with zero attached hydrogens (tertiary/aromatic N) is 4. The maximum atomic E-state index is 12.7. The first-order valence-corrected chi connectivity index (χ1v) is 8.83. The predicted octanol–water partition coefficient (Wildman–Crippen LogP) is 2.46. The number of anilines is 2. The van der Waals surface area contributed by atoms with Gasteiger partial charge in [-0.15, -0.1) is 10.2 Å². The van der Waals surface area contributed by atoms with E-state index in [0.29, 0.717) is 23.9 Å². The van der Waals surface area contributed by atoms with E-state index in [1.165, 1.54) is 11.8 Å². The van der Waals surface area contributed by atoms with E-state index in [4.69, 9.17) is 15.7 Å². The number of carbonyl (C=O) groups excluding carboxylic acids is 1. The Hall–Kier alpha value is -2.73. The molecule has 132 valence electrons. The van der Waals surface area contributed by atoms with Crippen molar-refractivity contribution in [2.75, 3.05) is 23.4 Å². The van der Waals surface area contributed by atoms with Gasteiger partial charge in [0, 0.05) is 5.69 Å². The molecule has 0 aliphatic heterocycles. The predicted molar refractivity (Wildman–Crippen MR) is 96.3 cm³/mol. The first kappa shape index (κ1) is 18.6. The third-order valence-corrected chi connectivity index (χ3v) is 4.20. The topological polar surface area (TPSA) is 119 Å². The summed E-state index contributed by atoms with van der Waals surface area (Å²) in [7, 11) is 0. The van der Waals surface area contributed by atoms with Crippen LogP contribution in [0.4, 0.5) is 11.6 Å². The smallest absolute Gasteiger partial charge is 0.247 e. The van der Waals surface area contributed by atoms with Gasteiger partial charge in [-0.05, 0) is 37.6 Å². The molecule has 2 rings (SSSR count). The summed E-state index contributed by atoms with van der Waals surface area (Å²) in [4.78, 5) is 12.7. The monoisotopic (exact) mass is 360 g/mol. The van der Waals surface area contributed by atoms with Gasteiger partial charge in [0.2, 0.25) is 11.9 Å². The highest BCUT2D eigenvalue weighted by Crippen LogP contribution is 2.26. The zero-order valence-electron chi connectivity index (χ0n) is 14.1. The number of nitrogen functional groups attached to an aromatic ring is 1. The van der Waals surface area contributed by atoms with Crippen LogP contribution >= 0.6 is 11.8 Å². The molecule has 0 aliphatic carbocycles. The van der Waals surface area contributed by atoms with E-state index in [0.717, 1.165) is 5.75 Å². The van der Waals surface area contributed by atoms with Gasteiger partial charge in [0.25, 0.3) is 0 Å². The SMILES string of the molecule is CCOc1ccc(NC(=O)C(CC)n2c(N)nnc2SCC#N)cc1. The average Bonchev–Trinajstić information content (AvgIpc) is 2.97. The molecular formula is C16H20N6O2S. The van der Waals surface area contributed by atoms with E-state index in [1.807, 2.05) is 19.9 Å². The zero-order valence-corrected chi connectivity index (χ0v) is 14.9. The molecule has 0 aliphatic rings. The number of hydrogen-bond donors (Lipinski definition) is 2. The number of benzene rings is 1.